The molecule has 2 rings (SSSR count). The summed E-state index contributed by atoms with van der Waals surface area (Å²) in [6.45, 7) is 3.76. The molecule has 0 aliphatic rings. The van der Waals surface area contributed by atoms with E-state index in [1.165, 1.54) is 0 Å². The van der Waals surface area contributed by atoms with Crippen LogP contribution in [0.3, 0.4) is 0 Å². The van der Waals surface area contributed by atoms with Gasteiger partial charge in [-0.25, -0.2) is 4.79 Å². The Bertz CT molecular complexity index is 561. The third-order valence-corrected chi connectivity index (χ3v) is 2.67. The Morgan fingerprint density at radius 2 is 1.79 bits per heavy atom. The van der Waals surface area contributed by atoms with Crippen LogP contribution in [0.1, 0.15) is 11.1 Å². The van der Waals surface area contributed by atoms with Gasteiger partial charge in [0.2, 0.25) is 0 Å². The number of benzene rings is 2. The van der Waals surface area contributed by atoms with Crippen molar-refractivity contribution in [2.45, 2.75) is 13.8 Å². The van der Waals surface area contributed by atoms with Crippen LogP contribution < -0.4 is 9.47 Å². The van der Waals surface area contributed by atoms with Crippen LogP contribution in [0, 0.1) is 13.8 Å². The molecule has 0 bridgehead atoms. The summed E-state index contributed by atoms with van der Waals surface area (Å²) in [5, 5.41) is 0. The van der Waals surface area contributed by atoms with Gasteiger partial charge in [0.25, 0.3) is 0 Å². The van der Waals surface area contributed by atoms with E-state index in [9.17, 15) is 4.79 Å². The Morgan fingerprint density at radius 3 is 2.53 bits per heavy atom. The van der Waals surface area contributed by atoms with E-state index in [1.54, 1.807) is 12.1 Å². The van der Waals surface area contributed by atoms with E-state index < -0.39 is 5.97 Å². The Balaban J connectivity index is 1.93. The van der Waals surface area contributed by atoms with E-state index in [1.807, 2.05) is 50.2 Å². The zero-order chi connectivity index (χ0) is 13.7. The first-order valence-electron chi connectivity index (χ1n) is 6.11. The fraction of sp³-hybridized carbons (Fsp3) is 0.188. The molecule has 0 amide bonds. The zero-order valence-electron chi connectivity index (χ0n) is 11.1. The molecule has 98 valence electrons. The van der Waals surface area contributed by atoms with Gasteiger partial charge in [0, 0.05) is 0 Å². The van der Waals surface area contributed by atoms with Crippen LogP contribution in [0.25, 0.3) is 0 Å². The lowest BCUT2D eigenvalue weighted by molar-refractivity contribution is -0.136. The third-order valence-electron chi connectivity index (χ3n) is 2.67. The molecule has 0 saturated heterocycles. The molecule has 2 aromatic rings. The van der Waals surface area contributed by atoms with E-state index in [0.29, 0.717) is 11.5 Å². The first-order chi connectivity index (χ1) is 9.15. The SMILES string of the molecule is Cc1ccc(C)c(OC(=O)COc2ccccc2)c1. The molecule has 2 aromatic carbocycles. The molecule has 0 N–H and O–H groups in total. The highest BCUT2D eigenvalue weighted by molar-refractivity contribution is 5.74. The van der Waals surface area contributed by atoms with Crippen LogP contribution >= 0.6 is 0 Å². The van der Waals surface area contributed by atoms with Crippen LogP contribution in [-0.4, -0.2) is 12.6 Å². The fourth-order valence-electron chi connectivity index (χ4n) is 1.63. The molecule has 3 heteroatoms. The minimum atomic E-state index is -0.405. The lowest BCUT2D eigenvalue weighted by atomic mass is 10.1. The van der Waals surface area contributed by atoms with Gasteiger partial charge in [-0.05, 0) is 43.2 Å². The van der Waals surface area contributed by atoms with Crippen molar-refractivity contribution in [3.05, 3.63) is 59.7 Å². The zero-order valence-corrected chi connectivity index (χ0v) is 11.1. The smallest absolute Gasteiger partial charge is 0.349 e. The summed E-state index contributed by atoms with van der Waals surface area (Å²) in [6.07, 6.45) is 0. The summed E-state index contributed by atoms with van der Waals surface area (Å²) >= 11 is 0. The van der Waals surface area contributed by atoms with Crippen LogP contribution in [0.2, 0.25) is 0 Å². The van der Waals surface area contributed by atoms with Crippen molar-refractivity contribution in [2.24, 2.45) is 0 Å². The van der Waals surface area contributed by atoms with Crippen molar-refractivity contribution >= 4 is 5.97 Å². The number of esters is 1. The van der Waals surface area contributed by atoms with Crippen molar-refractivity contribution in [3.8, 4) is 11.5 Å². The molecule has 0 fully saturated rings. The lowest BCUT2D eigenvalue weighted by Gasteiger charge is -2.09. The standard InChI is InChI=1S/C16H16O3/c1-12-8-9-13(2)15(10-12)19-16(17)11-18-14-6-4-3-5-7-14/h3-10H,11H2,1-2H3. The molecule has 0 aromatic heterocycles. The van der Waals surface area contributed by atoms with Crippen LogP contribution in [0.4, 0.5) is 0 Å². The first-order valence-corrected chi connectivity index (χ1v) is 6.11. The maximum atomic E-state index is 11.7. The highest BCUT2D eigenvalue weighted by Gasteiger charge is 2.08. The second kappa shape index (κ2) is 6.05. The average Bonchev–Trinajstić information content (AvgIpc) is 2.42. The minimum Gasteiger partial charge on any atom is -0.482 e. The second-order valence-electron chi connectivity index (χ2n) is 4.34. The topological polar surface area (TPSA) is 35.5 Å². The number of aryl methyl sites for hydroxylation is 2. The molecule has 0 atom stereocenters. The van der Waals surface area contributed by atoms with Crippen molar-refractivity contribution in [2.75, 3.05) is 6.61 Å². The van der Waals surface area contributed by atoms with Crippen molar-refractivity contribution in [3.63, 3.8) is 0 Å². The molecule has 0 aliphatic carbocycles. The molecule has 0 heterocycles. The predicted molar refractivity (Wildman–Crippen MR) is 73.5 cm³/mol. The molecule has 0 radical (unpaired) electrons. The summed E-state index contributed by atoms with van der Waals surface area (Å²) in [5.41, 5.74) is 1.98. The normalized spacial score (nSPS) is 10.0. The number of carbonyl (C=O) groups is 1. The lowest BCUT2D eigenvalue weighted by Crippen LogP contribution is -2.18. The molecule has 0 saturated carbocycles. The molecular weight excluding hydrogens is 240 g/mol. The number of hydrogen-bond acceptors (Lipinski definition) is 3. The maximum Gasteiger partial charge on any atom is 0.349 e. The monoisotopic (exact) mass is 256 g/mol. The van der Waals surface area contributed by atoms with Crippen molar-refractivity contribution in [1.29, 1.82) is 0 Å². The Hall–Kier alpha value is -2.29. The van der Waals surface area contributed by atoms with Gasteiger partial charge in [0.15, 0.2) is 6.61 Å². The van der Waals surface area contributed by atoms with E-state index in [-0.39, 0.29) is 6.61 Å². The summed E-state index contributed by atoms with van der Waals surface area (Å²) < 4.78 is 10.6. The van der Waals surface area contributed by atoms with Gasteiger partial charge < -0.3 is 9.47 Å². The number of ether oxygens (including phenoxy) is 2. The predicted octanol–water partition coefficient (Wildman–Crippen LogP) is 3.29. The first kappa shape index (κ1) is 13.1. The maximum absolute atomic E-state index is 11.7. The van der Waals surface area contributed by atoms with Crippen molar-refractivity contribution < 1.29 is 14.3 Å². The van der Waals surface area contributed by atoms with Crippen LogP contribution in [0.5, 0.6) is 11.5 Å². The van der Waals surface area contributed by atoms with E-state index in [0.717, 1.165) is 11.1 Å². The van der Waals surface area contributed by atoms with E-state index in [2.05, 4.69) is 0 Å². The molecular formula is C16H16O3. The van der Waals surface area contributed by atoms with Gasteiger partial charge in [-0.15, -0.1) is 0 Å². The number of rotatable bonds is 4. The summed E-state index contributed by atoms with van der Waals surface area (Å²) in [6, 6.07) is 14.9. The largest absolute Gasteiger partial charge is 0.482 e. The summed E-state index contributed by atoms with van der Waals surface area (Å²) in [7, 11) is 0. The highest BCUT2D eigenvalue weighted by Crippen LogP contribution is 2.19. The fourth-order valence-corrected chi connectivity index (χ4v) is 1.63. The van der Waals surface area contributed by atoms with E-state index in [4.69, 9.17) is 9.47 Å². The Labute approximate surface area is 112 Å². The van der Waals surface area contributed by atoms with Crippen molar-refractivity contribution in [1.82, 2.24) is 0 Å². The highest BCUT2D eigenvalue weighted by atomic mass is 16.6. The molecule has 19 heavy (non-hydrogen) atoms. The third kappa shape index (κ3) is 3.85. The summed E-state index contributed by atoms with van der Waals surface area (Å²) in [5.74, 6) is 0.833. The van der Waals surface area contributed by atoms with Gasteiger partial charge in [0.1, 0.15) is 11.5 Å². The van der Waals surface area contributed by atoms with Gasteiger partial charge in [-0.3, -0.25) is 0 Å². The minimum absolute atomic E-state index is 0.0998. The van der Waals surface area contributed by atoms with Gasteiger partial charge >= 0.3 is 5.97 Å². The average molecular weight is 256 g/mol. The van der Waals surface area contributed by atoms with Crippen LogP contribution in [0.15, 0.2) is 48.5 Å². The number of carbonyl (C=O) groups excluding carboxylic acids is 1. The van der Waals surface area contributed by atoms with Gasteiger partial charge in [0.05, 0.1) is 0 Å². The molecule has 0 aliphatic heterocycles. The molecule has 0 unspecified atom stereocenters. The second-order valence-corrected chi connectivity index (χ2v) is 4.34. The summed E-state index contributed by atoms with van der Waals surface area (Å²) in [4.78, 5) is 11.7. The van der Waals surface area contributed by atoms with Crippen LogP contribution in [-0.2, 0) is 4.79 Å². The Morgan fingerprint density at radius 1 is 1.05 bits per heavy atom. The molecule has 3 nitrogen and oxygen atoms in total. The number of para-hydroxylation sites is 1. The van der Waals surface area contributed by atoms with Gasteiger partial charge in [-0.2, -0.15) is 0 Å². The quantitative estimate of drug-likeness (QED) is 0.622. The van der Waals surface area contributed by atoms with E-state index >= 15 is 0 Å². The Kier molecular flexibility index (Phi) is 4.18. The molecule has 0 spiro atoms. The van der Waals surface area contributed by atoms with Gasteiger partial charge in [-0.1, -0.05) is 30.3 Å². The number of hydrogen-bond donors (Lipinski definition) is 0.